The summed E-state index contributed by atoms with van der Waals surface area (Å²) >= 11 is 5.44. The molecular weight excluding hydrogens is 835 g/mol. The summed E-state index contributed by atoms with van der Waals surface area (Å²) in [6, 6.07) is 56.9. The zero-order valence-electron chi connectivity index (χ0n) is 30.5. The van der Waals surface area contributed by atoms with Gasteiger partial charge in [0.05, 0.1) is 22.7 Å². The van der Waals surface area contributed by atoms with Crippen LogP contribution in [0.25, 0.3) is 21.5 Å². The first kappa shape index (κ1) is 40.2. The van der Waals surface area contributed by atoms with Crippen molar-refractivity contribution in [3.8, 4) is 0 Å². The number of rotatable bonds is 2. The molecule has 0 radical (unpaired) electrons. The number of benzene rings is 6. The first-order valence-corrected chi connectivity index (χ1v) is 25.3. The van der Waals surface area contributed by atoms with Gasteiger partial charge in [-0.2, -0.15) is 12.1 Å². The Morgan fingerprint density at radius 1 is 0.444 bits per heavy atom. The van der Waals surface area contributed by atoms with E-state index >= 15 is 0 Å². The first-order chi connectivity index (χ1) is 25.4. The second-order valence-electron chi connectivity index (χ2n) is 13.4. The second kappa shape index (κ2) is 17.5. The predicted octanol–water partition coefficient (Wildman–Crippen LogP) is 8.40. The van der Waals surface area contributed by atoms with Crippen molar-refractivity contribution in [1.29, 1.82) is 0 Å². The Balaban J connectivity index is 0.000000162. The van der Waals surface area contributed by atoms with Crippen LogP contribution in [0.4, 0.5) is 34.1 Å². The van der Waals surface area contributed by atoms with Crippen molar-refractivity contribution in [2.45, 2.75) is 46.5 Å². The Hall–Kier alpha value is -3.48. The maximum Gasteiger partial charge on any atom is 0.0592 e. The summed E-state index contributed by atoms with van der Waals surface area (Å²) in [4.78, 5) is 10.0. The van der Waals surface area contributed by atoms with E-state index in [0.29, 0.717) is 0 Å². The van der Waals surface area contributed by atoms with Crippen molar-refractivity contribution in [2.75, 3.05) is 9.80 Å². The van der Waals surface area contributed by atoms with Crippen LogP contribution in [-0.4, -0.2) is 5.43 Å². The average molecular weight is 873 g/mol. The number of halogens is 2. The molecule has 0 aromatic heterocycles. The molecular formula is C46H38Cl2N2S2SiZr-2. The fraction of sp³-hybridized carbons (Fsp3) is 0.0870. The number of anilines is 6. The summed E-state index contributed by atoms with van der Waals surface area (Å²) in [5.74, 6) is 0. The van der Waals surface area contributed by atoms with Gasteiger partial charge in [-0.05, 0) is 48.5 Å². The van der Waals surface area contributed by atoms with Crippen LogP contribution in [0.3, 0.4) is 0 Å². The Morgan fingerprint density at radius 2 is 0.722 bits per heavy atom. The number of aryl methyl sites for hydroxylation is 2. The number of fused-ring (bicyclic) bond motifs is 6. The van der Waals surface area contributed by atoms with Gasteiger partial charge in [-0.25, -0.2) is 0 Å². The van der Waals surface area contributed by atoms with E-state index in [2.05, 4.69) is 194 Å². The van der Waals surface area contributed by atoms with Crippen LogP contribution < -0.4 is 34.6 Å². The van der Waals surface area contributed by atoms with Crippen LogP contribution in [0.2, 0.25) is 13.1 Å². The smallest absolute Gasteiger partial charge is 0.0592 e. The van der Waals surface area contributed by atoms with Gasteiger partial charge in [0.15, 0.2) is 0 Å². The van der Waals surface area contributed by atoms with E-state index in [4.69, 9.17) is 0 Å². The molecule has 0 aliphatic carbocycles. The molecule has 2 aliphatic rings. The Labute approximate surface area is 354 Å². The monoisotopic (exact) mass is 870 g/mol. The molecule has 0 saturated heterocycles. The Kier molecular flexibility index (Phi) is 13.1. The van der Waals surface area contributed by atoms with E-state index in [1.54, 1.807) is 23.3 Å². The van der Waals surface area contributed by atoms with Gasteiger partial charge >= 0.3 is 41.9 Å². The number of hydrogen-bond acceptors (Lipinski definition) is 4. The van der Waals surface area contributed by atoms with E-state index in [0.717, 1.165) is 0 Å². The third-order valence-electron chi connectivity index (χ3n) is 9.09. The summed E-state index contributed by atoms with van der Waals surface area (Å²) in [5.41, 5.74) is 10.4. The van der Waals surface area contributed by atoms with Gasteiger partial charge < -0.3 is 34.6 Å². The summed E-state index contributed by atoms with van der Waals surface area (Å²) in [6.45, 7) is 8.95. The zero-order valence-corrected chi connectivity index (χ0v) is 37.1. The van der Waals surface area contributed by atoms with Crippen LogP contribution in [-0.2, 0) is 23.3 Å². The molecule has 2 heterocycles. The maximum atomic E-state index is 2.41. The third kappa shape index (κ3) is 8.07. The topological polar surface area (TPSA) is 6.48 Å². The molecule has 0 bridgehead atoms. The number of para-hydroxylation sites is 4. The minimum Gasteiger partial charge on any atom is -1.00 e. The van der Waals surface area contributed by atoms with Crippen LogP contribution in [0.5, 0.6) is 0 Å². The minimum absolute atomic E-state index is 0. The van der Waals surface area contributed by atoms with E-state index in [9.17, 15) is 0 Å². The fourth-order valence-electron chi connectivity index (χ4n) is 7.05. The summed E-state index contributed by atoms with van der Waals surface area (Å²) < 4.78 is 0. The molecule has 8 aromatic rings. The molecule has 0 unspecified atom stereocenters. The van der Waals surface area contributed by atoms with Gasteiger partial charge in [0.25, 0.3) is 0 Å². The van der Waals surface area contributed by atoms with Gasteiger partial charge in [0.2, 0.25) is 0 Å². The summed E-state index contributed by atoms with van der Waals surface area (Å²) in [6.07, 6.45) is 0. The molecule has 268 valence electrons. The minimum atomic E-state index is 0. The summed E-state index contributed by atoms with van der Waals surface area (Å²) in [7, 11) is 0. The van der Waals surface area contributed by atoms with Crippen LogP contribution in [0.15, 0.2) is 177 Å². The van der Waals surface area contributed by atoms with Gasteiger partial charge in [-0.3, -0.25) is 0 Å². The predicted molar refractivity (Wildman–Crippen MR) is 224 cm³/mol. The first-order valence-electron chi connectivity index (χ1n) is 17.5. The molecule has 8 heteroatoms. The van der Waals surface area contributed by atoms with Gasteiger partial charge in [-0.15, -0.1) is 69.1 Å². The molecule has 10 rings (SSSR count). The van der Waals surface area contributed by atoms with Crippen LogP contribution >= 0.6 is 23.5 Å². The molecule has 0 fully saturated rings. The van der Waals surface area contributed by atoms with Crippen molar-refractivity contribution >= 4 is 84.6 Å². The molecule has 0 atom stereocenters. The molecule has 0 saturated carbocycles. The van der Waals surface area contributed by atoms with Crippen molar-refractivity contribution < 1.29 is 48.1 Å². The van der Waals surface area contributed by atoms with Crippen molar-refractivity contribution in [1.82, 2.24) is 0 Å². The molecule has 2 nitrogen and oxygen atoms in total. The Bertz CT molecular complexity index is 2330. The SMILES string of the molecule is C[Si](C)=[Zr+2].Cc1cc2c(N3c4ccccc4Sc4ccccc43)cccc2[cH-]1.Cc1cc2c(N3c4ccccc4Sc4ccccc43)cccc2[cH-]1.[Cl-].[Cl-]. The van der Waals surface area contributed by atoms with Crippen molar-refractivity contribution in [3.05, 3.63) is 169 Å². The van der Waals surface area contributed by atoms with Crippen LogP contribution in [0, 0.1) is 13.8 Å². The van der Waals surface area contributed by atoms with Gasteiger partial charge in [-0.1, -0.05) is 98.0 Å². The number of hydrogen-bond donors (Lipinski definition) is 0. The van der Waals surface area contributed by atoms with E-state index in [1.807, 2.05) is 23.5 Å². The second-order valence-corrected chi connectivity index (χ2v) is 24.9. The van der Waals surface area contributed by atoms with Crippen molar-refractivity contribution in [2.24, 2.45) is 0 Å². The quantitative estimate of drug-likeness (QED) is 0.127. The molecule has 0 spiro atoms. The van der Waals surface area contributed by atoms with E-state index in [1.165, 1.54) is 86.4 Å². The molecule has 0 N–H and O–H groups in total. The third-order valence-corrected chi connectivity index (χ3v) is 11.4. The summed E-state index contributed by atoms with van der Waals surface area (Å²) in [5, 5.41) is 5.23. The van der Waals surface area contributed by atoms with Crippen molar-refractivity contribution in [3.63, 3.8) is 0 Å². The molecule has 54 heavy (non-hydrogen) atoms. The molecule has 0 amide bonds. The average Bonchev–Trinajstić information content (AvgIpc) is 3.74. The zero-order chi connectivity index (χ0) is 35.8. The molecule has 2 aliphatic heterocycles. The maximum absolute atomic E-state index is 2.41. The van der Waals surface area contributed by atoms with E-state index < -0.39 is 0 Å². The van der Waals surface area contributed by atoms with Crippen LogP contribution in [0.1, 0.15) is 11.1 Å². The number of nitrogens with zero attached hydrogens (tertiary/aromatic N) is 2. The van der Waals surface area contributed by atoms with Gasteiger partial charge in [0.1, 0.15) is 0 Å². The molecule has 8 aromatic carbocycles. The fourth-order valence-corrected chi connectivity index (χ4v) is 9.17. The largest absolute Gasteiger partial charge is 1.00 e. The normalized spacial score (nSPS) is 12.0. The van der Waals surface area contributed by atoms with Gasteiger partial charge in [0, 0.05) is 31.0 Å². The van der Waals surface area contributed by atoms with E-state index in [-0.39, 0.29) is 30.2 Å². The standard InChI is InChI=1S/2C22H16NS.C2H6Si.2ClH.Zr/c2*1-15-13-16-7-6-10-18(17(16)14-15)23-19-8-2-4-11-21(19)24-22-12-5-3-9-20(22)23;1-3-2;;;/h2*2-14H,1H3;1-2H3;2*1H;/q2*-1;;;;+2/p-2. The Morgan fingerprint density at radius 3 is 1.04 bits per heavy atom.